The molecule has 2 aromatic rings. The Kier molecular flexibility index (Phi) is 13.6. The topological polar surface area (TPSA) is 134 Å². The van der Waals surface area contributed by atoms with E-state index in [4.69, 9.17) is 9.94 Å². The summed E-state index contributed by atoms with van der Waals surface area (Å²) in [7, 11) is 1.20. The number of nitrogens with zero attached hydrogens (tertiary/aromatic N) is 1. The number of benzene rings is 2. The van der Waals surface area contributed by atoms with Gasteiger partial charge in [-0.15, -0.1) is 12.4 Å². The van der Waals surface area contributed by atoms with Gasteiger partial charge in [0, 0.05) is 36.3 Å². The van der Waals surface area contributed by atoms with Crippen LogP contribution < -0.4 is 11.2 Å². The van der Waals surface area contributed by atoms with Crippen LogP contribution >= 0.6 is 12.4 Å². The summed E-state index contributed by atoms with van der Waals surface area (Å²) in [6, 6.07) is 13.8. The first kappa shape index (κ1) is 30.1. The first-order valence-electron chi connectivity index (χ1n) is 10.8. The highest BCUT2D eigenvalue weighted by Crippen LogP contribution is 2.10. The van der Waals surface area contributed by atoms with Crippen LogP contribution in [0, 0.1) is 11.8 Å². The molecule has 5 N–H and O–H groups in total. The second kappa shape index (κ2) is 15.8. The predicted molar refractivity (Wildman–Crippen MR) is 133 cm³/mol. The quantitative estimate of drug-likeness (QED) is 0.262. The van der Waals surface area contributed by atoms with E-state index in [1.807, 2.05) is 12.1 Å². The molecule has 0 radical (unpaired) electrons. The van der Waals surface area contributed by atoms with Crippen molar-refractivity contribution >= 4 is 24.3 Å². The first-order chi connectivity index (χ1) is 16.5. The van der Waals surface area contributed by atoms with Gasteiger partial charge in [0.25, 0.3) is 5.91 Å². The fraction of sp³-hybridized carbons (Fsp3) is 0.360. The predicted octanol–water partition coefficient (Wildman–Crippen LogP) is 1.33. The Morgan fingerprint density at radius 1 is 1.06 bits per heavy atom. The minimum atomic E-state index is -1.13. The summed E-state index contributed by atoms with van der Waals surface area (Å²) in [5.74, 6) is 8.55. The number of hydrogen-bond donors (Lipinski definition) is 4. The van der Waals surface area contributed by atoms with Crippen LogP contribution in [0.5, 0.6) is 0 Å². The molecular weight excluding hydrogens is 474 g/mol. The lowest BCUT2D eigenvalue weighted by Crippen LogP contribution is -2.48. The summed E-state index contributed by atoms with van der Waals surface area (Å²) in [6.07, 6.45) is -1.07. The average molecular weight is 506 g/mol. The number of aliphatic hydroxyl groups is 1. The minimum absolute atomic E-state index is 0. The van der Waals surface area contributed by atoms with E-state index in [0.717, 1.165) is 44.0 Å². The van der Waals surface area contributed by atoms with Crippen molar-refractivity contribution in [1.29, 1.82) is 0 Å². The van der Waals surface area contributed by atoms with Crippen LogP contribution in [0.2, 0.25) is 0 Å². The van der Waals surface area contributed by atoms with Gasteiger partial charge in [-0.25, -0.2) is 10.7 Å². The van der Waals surface area contributed by atoms with Crippen molar-refractivity contribution in [3.63, 3.8) is 0 Å². The zero-order valence-electron chi connectivity index (χ0n) is 19.8. The number of nitrogens with two attached hydrogens (primary N) is 1. The van der Waals surface area contributed by atoms with Crippen molar-refractivity contribution in [2.45, 2.75) is 25.6 Å². The monoisotopic (exact) mass is 505 g/mol. The molecule has 2 atom stereocenters. The maximum absolute atomic E-state index is 12.4. The zero-order chi connectivity index (χ0) is 24.9. The summed E-state index contributed by atoms with van der Waals surface area (Å²) in [5.41, 5.74) is 3.28. The number of esters is 1. The van der Waals surface area contributed by atoms with E-state index >= 15 is 0 Å². The number of aliphatic hydroxyl groups excluding tert-OH is 1. The van der Waals surface area contributed by atoms with Crippen molar-refractivity contribution in [1.82, 2.24) is 10.2 Å². The van der Waals surface area contributed by atoms with Crippen LogP contribution in [0.3, 0.4) is 0 Å². The van der Waals surface area contributed by atoms with Gasteiger partial charge in [0.15, 0.2) is 6.04 Å². The Hall–Kier alpha value is -2.97. The Morgan fingerprint density at radius 3 is 2.06 bits per heavy atom. The van der Waals surface area contributed by atoms with Crippen LogP contribution in [0.25, 0.3) is 0 Å². The standard InChI is InChI=1S/C25H28N2O5.ClH.H3NO/c1-18(28)23(25(30)31-2)26-24(29)22-11-9-20(10-12-22)4-3-19-5-7-21(8-6-19)17-27-13-15-32-16-14-27;;1-2/h5-12,18,23,28H,13-17H2,1-2H3,(H,26,29);1H;2H,1H2/t18-,23+;;/m1../s1. The van der Waals surface area contributed by atoms with Crippen molar-refractivity contribution in [3.8, 4) is 11.8 Å². The molecule has 35 heavy (non-hydrogen) atoms. The highest BCUT2D eigenvalue weighted by atomic mass is 35.5. The fourth-order valence-corrected chi connectivity index (χ4v) is 3.29. The van der Waals surface area contributed by atoms with Gasteiger partial charge in [0.1, 0.15) is 0 Å². The number of carbonyl (C=O) groups excluding carboxylic acids is 2. The Morgan fingerprint density at radius 2 is 1.57 bits per heavy atom. The maximum atomic E-state index is 12.4. The fourth-order valence-electron chi connectivity index (χ4n) is 3.29. The molecule has 0 aromatic heterocycles. The number of rotatable bonds is 6. The van der Waals surface area contributed by atoms with Gasteiger partial charge in [-0.1, -0.05) is 24.0 Å². The molecule has 3 rings (SSSR count). The van der Waals surface area contributed by atoms with Crippen LogP contribution in [0.1, 0.15) is 34.0 Å². The molecule has 10 heteroatoms. The zero-order valence-corrected chi connectivity index (χ0v) is 20.6. The van der Waals surface area contributed by atoms with Gasteiger partial charge in [-0.05, 0) is 48.9 Å². The maximum Gasteiger partial charge on any atom is 0.331 e. The lowest BCUT2D eigenvalue weighted by Gasteiger charge is -2.26. The van der Waals surface area contributed by atoms with Crippen molar-refractivity contribution in [3.05, 3.63) is 70.8 Å². The van der Waals surface area contributed by atoms with Gasteiger partial charge in [0.2, 0.25) is 0 Å². The second-order valence-corrected chi connectivity index (χ2v) is 7.63. The molecule has 0 bridgehead atoms. The molecule has 0 spiro atoms. The van der Waals surface area contributed by atoms with Crippen LogP contribution in [-0.4, -0.2) is 72.6 Å². The van der Waals surface area contributed by atoms with Gasteiger partial charge < -0.3 is 25.1 Å². The van der Waals surface area contributed by atoms with E-state index in [-0.39, 0.29) is 12.4 Å². The normalized spacial score (nSPS) is 14.5. The Bertz CT molecular complexity index is 981. The van der Waals surface area contributed by atoms with E-state index in [9.17, 15) is 14.7 Å². The second-order valence-electron chi connectivity index (χ2n) is 7.63. The van der Waals surface area contributed by atoms with Gasteiger partial charge >= 0.3 is 5.97 Å². The van der Waals surface area contributed by atoms with Crippen molar-refractivity contribution in [2.75, 3.05) is 33.4 Å². The van der Waals surface area contributed by atoms with Gasteiger partial charge in [-0.3, -0.25) is 9.69 Å². The van der Waals surface area contributed by atoms with Gasteiger partial charge in [0.05, 0.1) is 26.4 Å². The Labute approximate surface area is 211 Å². The largest absolute Gasteiger partial charge is 0.467 e. The number of halogens is 1. The third-order valence-electron chi connectivity index (χ3n) is 5.19. The van der Waals surface area contributed by atoms with Crippen LogP contribution in [0.4, 0.5) is 0 Å². The summed E-state index contributed by atoms with van der Waals surface area (Å²) < 4.78 is 9.99. The minimum Gasteiger partial charge on any atom is -0.467 e. The molecule has 1 amide bonds. The average Bonchev–Trinajstić information content (AvgIpc) is 2.88. The molecule has 2 aromatic carbocycles. The summed E-state index contributed by atoms with van der Waals surface area (Å²) >= 11 is 0. The van der Waals surface area contributed by atoms with Crippen LogP contribution in [-0.2, 0) is 20.8 Å². The summed E-state index contributed by atoms with van der Waals surface area (Å²) in [5, 5.41) is 18.7. The number of nitrogens with one attached hydrogen (secondary N) is 1. The van der Waals surface area contributed by atoms with Gasteiger partial charge in [-0.2, -0.15) is 0 Å². The number of hydrogen-bond acceptors (Lipinski definition) is 8. The number of methoxy groups -OCH3 is 1. The molecule has 0 unspecified atom stereocenters. The smallest absolute Gasteiger partial charge is 0.331 e. The van der Waals surface area contributed by atoms with E-state index in [1.165, 1.54) is 19.6 Å². The van der Waals surface area contributed by atoms with E-state index in [0.29, 0.717) is 5.56 Å². The number of carbonyl (C=O) groups is 2. The number of ether oxygens (including phenoxy) is 2. The SMILES string of the molecule is COC(=O)[C@@H](NC(=O)c1ccc(C#Cc2ccc(CN3CCOCC3)cc2)cc1)[C@@H](C)O.Cl.NO. The van der Waals surface area contributed by atoms with E-state index in [1.54, 1.807) is 24.3 Å². The molecule has 190 valence electrons. The first-order valence-corrected chi connectivity index (χ1v) is 10.8. The molecule has 0 saturated carbocycles. The number of morpholine rings is 1. The number of amides is 1. The summed E-state index contributed by atoms with van der Waals surface area (Å²) in [6.45, 7) is 5.81. The molecule has 1 aliphatic heterocycles. The molecule has 9 nitrogen and oxygen atoms in total. The molecule has 1 saturated heterocycles. The van der Waals surface area contributed by atoms with E-state index in [2.05, 4.69) is 44.8 Å². The molecule has 1 aliphatic rings. The lowest BCUT2D eigenvalue weighted by atomic mass is 10.1. The lowest BCUT2D eigenvalue weighted by molar-refractivity contribution is -0.145. The van der Waals surface area contributed by atoms with Crippen molar-refractivity contribution < 1.29 is 29.4 Å². The molecule has 1 heterocycles. The highest BCUT2D eigenvalue weighted by Gasteiger charge is 2.26. The molecule has 1 fully saturated rings. The van der Waals surface area contributed by atoms with E-state index < -0.39 is 24.0 Å². The molecule has 0 aliphatic carbocycles. The highest BCUT2D eigenvalue weighted by molar-refractivity contribution is 5.97. The third kappa shape index (κ3) is 9.66. The molecular formula is C25H32ClN3O6. The summed E-state index contributed by atoms with van der Waals surface area (Å²) in [4.78, 5) is 26.4. The van der Waals surface area contributed by atoms with Crippen LogP contribution in [0.15, 0.2) is 48.5 Å². The Balaban J connectivity index is 0.00000199. The third-order valence-corrected chi connectivity index (χ3v) is 5.19. The van der Waals surface area contributed by atoms with Crippen molar-refractivity contribution in [2.24, 2.45) is 5.90 Å².